The SMILES string of the molecule is CC1(C)OB(c2cn(C(c3ccccc3)(c3ccccc3)c3ccccc3)nc2-c2ccc(-c3ccc(C(=O)O)cc3)cc2)OC1(C)C. The second kappa shape index (κ2) is 12.1. The summed E-state index contributed by atoms with van der Waals surface area (Å²) in [5.41, 5.74) is 5.96. The lowest BCUT2D eigenvalue weighted by Crippen LogP contribution is -2.41. The van der Waals surface area contributed by atoms with Crippen molar-refractivity contribution in [2.75, 3.05) is 0 Å². The molecule has 1 N–H and O–H groups in total. The summed E-state index contributed by atoms with van der Waals surface area (Å²) in [7, 11) is -0.651. The fourth-order valence-corrected chi connectivity index (χ4v) is 6.49. The third-order valence-electron chi connectivity index (χ3n) is 9.79. The smallest absolute Gasteiger partial charge is 0.478 e. The van der Waals surface area contributed by atoms with Crippen LogP contribution in [0.1, 0.15) is 54.7 Å². The van der Waals surface area contributed by atoms with Crippen molar-refractivity contribution in [3.63, 3.8) is 0 Å². The molecule has 0 saturated carbocycles. The molecule has 1 saturated heterocycles. The number of nitrogens with zero attached hydrogens (tertiary/aromatic N) is 2. The number of hydrogen-bond donors (Lipinski definition) is 1. The summed E-state index contributed by atoms with van der Waals surface area (Å²) in [5.74, 6) is -0.944. The maximum absolute atomic E-state index is 11.4. The van der Waals surface area contributed by atoms with Crippen LogP contribution in [-0.2, 0) is 14.8 Å². The summed E-state index contributed by atoms with van der Waals surface area (Å²) in [6.07, 6.45) is 2.09. The van der Waals surface area contributed by atoms with E-state index in [0.717, 1.165) is 44.5 Å². The van der Waals surface area contributed by atoms with Crippen molar-refractivity contribution < 1.29 is 19.2 Å². The first-order chi connectivity index (χ1) is 23.1. The normalized spacial score (nSPS) is 15.4. The van der Waals surface area contributed by atoms with Crippen LogP contribution in [0, 0.1) is 0 Å². The van der Waals surface area contributed by atoms with Crippen molar-refractivity contribution in [3.05, 3.63) is 168 Å². The Balaban J connectivity index is 1.44. The lowest BCUT2D eigenvalue weighted by Gasteiger charge is -2.36. The summed E-state index contributed by atoms with van der Waals surface area (Å²) in [5, 5.41) is 14.8. The second-order valence-corrected chi connectivity index (χ2v) is 13.2. The minimum Gasteiger partial charge on any atom is -0.478 e. The second-order valence-electron chi connectivity index (χ2n) is 13.2. The van der Waals surface area contributed by atoms with Crippen LogP contribution >= 0.6 is 0 Å². The minimum absolute atomic E-state index is 0.256. The first-order valence-electron chi connectivity index (χ1n) is 16.2. The van der Waals surface area contributed by atoms with E-state index >= 15 is 0 Å². The van der Waals surface area contributed by atoms with Crippen molar-refractivity contribution in [1.29, 1.82) is 0 Å². The van der Waals surface area contributed by atoms with Gasteiger partial charge >= 0.3 is 13.1 Å². The summed E-state index contributed by atoms with van der Waals surface area (Å²) in [6, 6.07) is 46.5. The fraction of sp³-hybridized carbons (Fsp3) is 0.171. The predicted octanol–water partition coefficient (Wildman–Crippen LogP) is 8.05. The van der Waals surface area contributed by atoms with E-state index in [1.807, 2.05) is 42.5 Å². The van der Waals surface area contributed by atoms with Gasteiger partial charge in [0.2, 0.25) is 0 Å². The van der Waals surface area contributed by atoms with Gasteiger partial charge < -0.3 is 14.4 Å². The monoisotopic (exact) mass is 632 g/mol. The van der Waals surface area contributed by atoms with Gasteiger partial charge in [0.25, 0.3) is 0 Å². The van der Waals surface area contributed by atoms with E-state index < -0.39 is 29.8 Å². The van der Waals surface area contributed by atoms with Crippen molar-refractivity contribution >= 4 is 18.6 Å². The molecule has 0 unspecified atom stereocenters. The Bertz CT molecular complexity index is 1930. The zero-order valence-corrected chi connectivity index (χ0v) is 27.5. The highest BCUT2D eigenvalue weighted by Crippen LogP contribution is 2.42. The van der Waals surface area contributed by atoms with E-state index in [-0.39, 0.29) is 5.56 Å². The van der Waals surface area contributed by atoms with E-state index in [1.165, 1.54) is 0 Å². The molecule has 6 aromatic rings. The number of benzene rings is 5. The Morgan fingerprint density at radius 2 is 1.02 bits per heavy atom. The summed E-state index contributed by atoms with van der Waals surface area (Å²) in [4.78, 5) is 11.4. The number of carboxylic acid groups (broad SMARTS) is 1. The van der Waals surface area contributed by atoms with Crippen molar-refractivity contribution in [3.8, 4) is 22.4 Å². The quantitative estimate of drug-likeness (QED) is 0.136. The Hall–Kier alpha value is -5.24. The molecule has 0 aliphatic carbocycles. The maximum atomic E-state index is 11.4. The third-order valence-corrected chi connectivity index (χ3v) is 9.79. The molecule has 48 heavy (non-hydrogen) atoms. The molecule has 1 aliphatic heterocycles. The van der Waals surface area contributed by atoms with Crippen molar-refractivity contribution in [2.45, 2.75) is 44.4 Å². The average molecular weight is 633 g/mol. The molecule has 7 rings (SSSR count). The Morgan fingerprint density at radius 3 is 1.44 bits per heavy atom. The number of carbonyl (C=O) groups is 1. The van der Waals surface area contributed by atoms with E-state index in [9.17, 15) is 9.90 Å². The summed E-state index contributed by atoms with van der Waals surface area (Å²) >= 11 is 0. The van der Waals surface area contributed by atoms with E-state index in [2.05, 4.69) is 124 Å². The molecule has 0 atom stereocenters. The largest absolute Gasteiger partial charge is 0.498 e. The highest BCUT2D eigenvalue weighted by Gasteiger charge is 2.53. The lowest BCUT2D eigenvalue weighted by atomic mass is 9.76. The maximum Gasteiger partial charge on any atom is 0.498 e. The van der Waals surface area contributed by atoms with Crippen LogP contribution in [0.2, 0.25) is 0 Å². The van der Waals surface area contributed by atoms with Gasteiger partial charge in [0.1, 0.15) is 5.54 Å². The number of aromatic carboxylic acids is 1. The van der Waals surface area contributed by atoms with Gasteiger partial charge in [-0.25, -0.2) is 4.79 Å². The van der Waals surface area contributed by atoms with Gasteiger partial charge in [-0.05, 0) is 67.6 Å². The molecule has 0 amide bonds. The zero-order valence-electron chi connectivity index (χ0n) is 27.5. The molecule has 238 valence electrons. The van der Waals surface area contributed by atoms with Crippen LogP contribution in [-0.4, -0.2) is 39.2 Å². The summed E-state index contributed by atoms with van der Waals surface area (Å²) in [6.45, 7) is 8.24. The van der Waals surface area contributed by atoms with E-state index in [4.69, 9.17) is 14.4 Å². The number of carboxylic acids is 1. The molecule has 1 aliphatic rings. The number of rotatable bonds is 8. The van der Waals surface area contributed by atoms with Gasteiger partial charge in [-0.1, -0.05) is 127 Å². The number of aromatic nitrogens is 2. The molecule has 0 spiro atoms. The van der Waals surface area contributed by atoms with Crippen molar-refractivity contribution in [2.24, 2.45) is 0 Å². The molecule has 7 heteroatoms. The molecule has 0 bridgehead atoms. The molecular weight excluding hydrogens is 595 g/mol. The first kappa shape index (κ1) is 31.4. The predicted molar refractivity (Wildman–Crippen MR) is 190 cm³/mol. The molecule has 5 aromatic carbocycles. The third kappa shape index (κ3) is 5.35. The van der Waals surface area contributed by atoms with Gasteiger partial charge in [-0.3, -0.25) is 4.68 Å². The van der Waals surface area contributed by atoms with Crippen LogP contribution in [0.5, 0.6) is 0 Å². The first-order valence-corrected chi connectivity index (χ1v) is 16.2. The van der Waals surface area contributed by atoms with Gasteiger partial charge in [0.05, 0.1) is 22.5 Å². The lowest BCUT2D eigenvalue weighted by molar-refractivity contribution is 0.00578. The average Bonchev–Trinajstić information content (AvgIpc) is 3.64. The molecule has 1 aromatic heterocycles. The molecule has 6 nitrogen and oxygen atoms in total. The molecular formula is C41H37BN2O4. The molecule has 0 radical (unpaired) electrons. The van der Waals surface area contributed by atoms with E-state index in [1.54, 1.807) is 12.1 Å². The number of hydrogen-bond acceptors (Lipinski definition) is 4. The topological polar surface area (TPSA) is 73.6 Å². The zero-order chi connectivity index (χ0) is 33.5. The Labute approximate surface area is 281 Å². The van der Waals surface area contributed by atoms with Crippen LogP contribution in [0.3, 0.4) is 0 Å². The van der Waals surface area contributed by atoms with Crippen LogP contribution in [0.15, 0.2) is 146 Å². The standard InChI is InChI=1S/C41H37BN2O4/c1-39(2)40(3,4)48-42(47-39)36-28-44(43-37(36)31-24-20-29(21-25-31)30-22-26-32(27-23-30)38(45)46)41(33-14-8-5-9-15-33,34-16-10-6-11-17-34)35-18-12-7-13-19-35/h5-28H,1-4H3,(H,45,46). The highest BCUT2D eigenvalue weighted by atomic mass is 16.7. The van der Waals surface area contributed by atoms with Gasteiger partial charge in [0, 0.05) is 17.2 Å². The van der Waals surface area contributed by atoms with Crippen LogP contribution in [0.4, 0.5) is 0 Å². The van der Waals surface area contributed by atoms with Gasteiger partial charge in [-0.2, -0.15) is 5.10 Å². The van der Waals surface area contributed by atoms with Crippen LogP contribution < -0.4 is 5.46 Å². The minimum atomic E-state index is -0.944. The Kier molecular flexibility index (Phi) is 7.90. The summed E-state index contributed by atoms with van der Waals surface area (Å²) < 4.78 is 15.4. The van der Waals surface area contributed by atoms with E-state index in [0.29, 0.717) is 0 Å². The molecule has 1 fully saturated rings. The van der Waals surface area contributed by atoms with Crippen molar-refractivity contribution in [1.82, 2.24) is 9.78 Å². The van der Waals surface area contributed by atoms with Crippen LogP contribution in [0.25, 0.3) is 22.4 Å². The van der Waals surface area contributed by atoms with Gasteiger partial charge in [-0.15, -0.1) is 0 Å². The fourth-order valence-electron chi connectivity index (χ4n) is 6.49. The Morgan fingerprint density at radius 1 is 0.625 bits per heavy atom. The molecule has 2 heterocycles. The van der Waals surface area contributed by atoms with Gasteiger partial charge in [0.15, 0.2) is 0 Å². The highest BCUT2D eigenvalue weighted by molar-refractivity contribution is 6.63.